The van der Waals surface area contributed by atoms with E-state index in [1.165, 1.54) is 11.8 Å². The Kier molecular flexibility index (Phi) is 4.29. The summed E-state index contributed by atoms with van der Waals surface area (Å²) < 4.78 is 3.58. The molecule has 1 aromatic carbocycles. The second-order valence-corrected chi connectivity index (χ2v) is 6.07. The topological polar surface area (TPSA) is 65.6 Å². The van der Waals surface area contributed by atoms with E-state index in [0.717, 1.165) is 16.5 Å². The molecule has 0 amide bonds. The van der Waals surface area contributed by atoms with Gasteiger partial charge in [0.25, 0.3) is 5.56 Å². The number of nitrogens with zero attached hydrogens (tertiary/aromatic N) is 5. The number of hydrogen-bond acceptors (Lipinski definition) is 5. The fourth-order valence-corrected chi connectivity index (χ4v) is 3.31. The Morgan fingerprint density at radius 2 is 2.09 bits per heavy atom. The average molecular weight is 327 g/mol. The summed E-state index contributed by atoms with van der Waals surface area (Å²) in [6.07, 6.45) is 1.81. The predicted molar refractivity (Wildman–Crippen MR) is 91.5 cm³/mol. The van der Waals surface area contributed by atoms with E-state index in [-0.39, 0.29) is 5.56 Å². The lowest BCUT2D eigenvalue weighted by Gasteiger charge is -2.09. The fraction of sp³-hybridized carbons (Fsp3) is 0.250. The summed E-state index contributed by atoms with van der Waals surface area (Å²) in [5, 5.41) is 9.70. The molecule has 0 fully saturated rings. The minimum Gasteiger partial charge on any atom is -0.302 e. The van der Waals surface area contributed by atoms with E-state index in [2.05, 4.69) is 21.8 Å². The van der Waals surface area contributed by atoms with Crippen molar-refractivity contribution in [1.29, 1.82) is 0 Å². The maximum Gasteiger partial charge on any atom is 0.261 e. The lowest BCUT2D eigenvalue weighted by molar-refractivity contribution is 0.702. The number of para-hydroxylation sites is 1. The zero-order valence-corrected chi connectivity index (χ0v) is 13.9. The summed E-state index contributed by atoms with van der Waals surface area (Å²) >= 11 is 1.51. The predicted octanol–water partition coefficient (Wildman–Crippen LogP) is 2.31. The molecule has 3 aromatic rings. The molecule has 23 heavy (non-hydrogen) atoms. The Morgan fingerprint density at radius 3 is 2.87 bits per heavy atom. The third-order valence-electron chi connectivity index (χ3n) is 3.62. The van der Waals surface area contributed by atoms with Crippen LogP contribution in [0.1, 0.15) is 11.6 Å². The first-order valence-corrected chi connectivity index (χ1v) is 8.18. The second kappa shape index (κ2) is 6.37. The van der Waals surface area contributed by atoms with Crippen LogP contribution >= 0.6 is 11.8 Å². The number of fused-ring (bicyclic) bond motifs is 1. The summed E-state index contributed by atoms with van der Waals surface area (Å²) in [5.41, 5.74) is 0.685. The number of allylic oxidation sites excluding steroid dienone is 1. The summed E-state index contributed by atoms with van der Waals surface area (Å²) in [4.78, 5) is 17.0. The molecule has 6 nitrogen and oxygen atoms in total. The van der Waals surface area contributed by atoms with E-state index in [0.29, 0.717) is 23.5 Å². The van der Waals surface area contributed by atoms with Gasteiger partial charge >= 0.3 is 0 Å². The maximum atomic E-state index is 12.4. The molecule has 3 rings (SSSR count). The van der Waals surface area contributed by atoms with Gasteiger partial charge in [0.15, 0.2) is 5.16 Å². The maximum absolute atomic E-state index is 12.4. The van der Waals surface area contributed by atoms with Crippen molar-refractivity contribution in [3.05, 3.63) is 58.9 Å². The highest BCUT2D eigenvalue weighted by atomic mass is 32.2. The van der Waals surface area contributed by atoms with Gasteiger partial charge in [-0.25, -0.2) is 4.98 Å². The van der Waals surface area contributed by atoms with Crippen LogP contribution in [0.4, 0.5) is 0 Å². The van der Waals surface area contributed by atoms with Crippen LogP contribution in [0.15, 0.2) is 46.9 Å². The van der Waals surface area contributed by atoms with Crippen molar-refractivity contribution in [2.24, 2.45) is 7.05 Å². The lowest BCUT2D eigenvalue weighted by atomic mass is 10.2. The molecule has 0 radical (unpaired) electrons. The lowest BCUT2D eigenvalue weighted by Crippen LogP contribution is -2.22. The molecule has 0 unspecified atom stereocenters. The highest BCUT2D eigenvalue weighted by Gasteiger charge is 2.12. The summed E-state index contributed by atoms with van der Waals surface area (Å²) in [6.45, 7) is 6.32. The zero-order chi connectivity index (χ0) is 16.4. The Balaban J connectivity index is 1.92. The Bertz CT molecular complexity index is 928. The van der Waals surface area contributed by atoms with Gasteiger partial charge in [0, 0.05) is 13.6 Å². The average Bonchev–Trinajstić information content (AvgIpc) is 2.90. The molecule has 0 N–H and O–H groups in total. The van der Waals surface area contributed by atoms with Gasteiger partial charge in [-0.15, -0.1) is 16.8 Å². The van der Waals surface area contributed by atoms with E-state index in [1.54, 1.807) is 17.7 Å². The number of aryl methyl sites for hydroxylation is 1. The molecular weight excluding hydrogens is 310 g/mol. The van der Waals surface area contributed by atoms with E-state index < -0.39 is 0 Å². The quantitative estimate of drug-likeness (QED) is 0.531. The molecule has 0 saturated carbocycles. The van der Waals surface area contributed by atoms with Crippen molar-refractivity contribution in [2.45, 2.75) is 24.4 Å². The van der Waals surface area contributed by atoms with Gasteiger partial charge in [-0.3, -0.25) is 9.36 Å². The third kappa shape index (κ3) is 2.92. The fourth-order valence-electron chi connectivity index (χ4n) is 2.33. The molecule has 0 aliphatic carbocycles. The van der Waals surface area contributed by atoms with Crippen LogP contribution in [0.5, 0.6) is 0 Å². The SMILES string of the molecule is C=CCn1c(C)nnc1SCc1nc2ccccc2c(=O)n1C. The molecule has 0 aliphatic rings. The molecule has 0 saturated heterocycles. The normalized spacial score (nSPS) is 11.0. The minimum atomic E-state index is -0.0325. The van der Waals surface area contributed by atoms with Crippen LogP contribution in [0.2, 0.25) is 0 Å². The number of benzene rings is 1. The standard InChI is InChI=1S/C16H17N5OS/c1-4-9-21-11(2)18-19-16(21)23-10-14-17-13-8-6-5-7-12(13)15(22)20(14)3/h4-8H,1,9-10H2,2-3H3. The smallest absolute Gasteiger partial charge is 0.261 e. The summed E-state index contributed by atoms with van der Waals surface area (Å²) in [7, 11) is 1.75. The Hall–Kier alpha value is -2.41. The molecule has 2 aromatic heterocycles. The zero-order valence-electron chi connectivity index (χ0n) is 13.1. The van der Waals surface area contributed by atoms with Gasteiger partial charge in [0.2, 0.25) is 0 Å². The van der Waals surface area contributed by atoms with Crippen LogP contribution < -0.4 is 5.56 Å². The van der Waals surface area contributed by atoms with Crippen molar-refractivity contribution in [3.63, 3.8) is 0 Å². The first-order chi connectivity index (χ1) is 11.1. The van der Waals surface area contributed by atoms with Gasteiger partial charge in [-0.2, -0.15) is 0 Å². The van der Waals surface area contributed by atoms with Crippen LogP contribution in [0.3, 0.4) is 0 Å². The number of thioether (sulfide) groups is 1. The molecule has 0 aliphatic heterocycles. The Labute approximate surface area is 137 Å². The highest BCUT2D eigenvalue weighted by Crippen LogP contribution is 2.21. The third-order valence-corrected chi connectivity index (χ3v) is 4.58. The minimum absolute atomic E-state index is 0.0325. The number of rotatable bonds is 5. The van der Waals surface area contributed by atoms with Crippen molar-refractivity contribution >= 4 is 22.7 Å². The molecule has 0 atom stereocenters. The van der Waals surface area contributed by atoms with Crippen LogP contribution in [0, 0.1) is 6.92 Å². The van der Waals surface area contributed by atoms with Crippen molar-refractivity contribution in [1.82, 2.24) is 24.3 Å². The van der Waals surface area contributed by atoms with Gasteiger partial charge in [-0.1, -0.05) is 30.0 Å². The molecule has 2 heterocycles. The Morgan fingerprint density at radius 1 is 1.30 bits per heavy atom. The number of hydrogen-bond donors (Lipinski definition) is 0. The van der Waals surface area contributed by atoms with E-state index >= 15 is 0 Å². The van der Waals surface area contributed by atoms with Gasteiger partial charge in [0.1, 0.15) is 11.6 Å². The van der Waals surface area contributed by atoms with Crippen molar-refractivity contribution in [3.8, 4) is 0 Å². The van der Waals surface area contributed by atoms with Crippen molar-refractivity contribution in [2.75, 3.05) is 0 Å². The second-order valence-electron chi connectivity index (χ2n) is 5.13. The molecular formula is C16H17N5OS. The van der Waals surface area contributed by atoms with Gasteiger partial charge < -0.3 is 4.57 Å². The van der Waals surface area contributed by atoms with Gasteiger partial charge in [-0.05, 0) is 19.1 Å². The van der Waals surface area contributed by atoms with E-state index in [4.69, 9.17) is 0 Å². The molecule has 118 valence electrons. The largest absolute Gasteiger partial charge is 0.302 e. The van der Waals surface area contributed by atoms with Gasteiger partial charge in [0.05, 0.1) is 16.7 Å². The molecule has 0 bridgehead atoms. The highest BCUT2D eigenvalue weighted by molar-refractivity contribution is 7.98. The first kappa shape index (κ1) is 15.5. The van der Waals surface area contributed by atoms with E-state index in [9.17, 15) is 4.79 Å². The molecule has 0 spiro atoms. The first-order valence-electron chi connectivity index (χ1n) is 7.20. The van der Waals surface area contributed by atoms with E-state index in [1.807, 2.05) is 35.8 Å². The summed E-state index contributed by atoms with van der Waals surface area (Å²) in [6, 6.07) is 7.39. The van der Waals surface area contributed by atoms with Crippen LogP contribution in [0.25, 0.3) is 10.9 Å². The monoisotopic (exact) mass is 327 g/mol. The van der Waals surface area contributed by atoms with Crippen LogP contribution in [-0.4, -0.2) is 24.3 Å². The van der Waals surface area contributed by atoms with Crippen LogP contribution in [-0.2, 0) is 19.3 Å². The molecule has 7 heteroatoms. The summed E-state index contributed by atoms with van der Waals surface area (Å²) in [5.74, 6) is 2.10. The van der Waals surface area contributed by atoms with Crippen molar-refractivity contribution < 1.29 is 0 Å². The number of aromatic nitrogens is 5.